The summed E-state index contributed by atoms with van der Waals surface area (Å²) in [5.41, 5.74) is 1.02. The van der Waals surface area contributed by atoms with Crippen molar-refractivity contribution in [3.05, 3.63) is 48.0 Å². The van der Waals surface area contributed by atoms with Gasteiger partial charge in [-0.1, -0.05) is 42.5 Å². The van der Waals surface area contributed by atoms with Crippen molar-refractivity contribution in [2.45, 2.75) is 25.3 Å². The number of ketones is 1. The number of carbonyl (C=O) groups is 2. The van der Waals surface area contributed by atoms with E-state index in [0.717, 1.165) is 30.3 Å². The quantitative estimate of drug-likeness (QED) is 0.796. The fourth-order valence-corrected chi connectivity index (χ4v) is 3.28. The van der Waals surface area contributed by atoms with E-state index in [9.17, 15) is 9.59 Å². The summed E-state index contributed by atoms with van der Waals surface area (Å²) >= 11 is 0. The molecular formula is C19H21NO3. The number of carbonyl (C=O) groups excluding carboxylic acids is 2. The van der Waals surface area contributed by atoms with Gasteiger partial charge in [0.1, 0.15) is 6.04 Å². The van der Waals surface area contributed by atoms with Gasteiger partial charge in [0.15, 0.2) is 5.78 Å². The number of benzene rings is 2. The van der Waals surface area contributed by atoms with Crippen molar-refractivity contribution in [1.29, 1.82) is 0 Å². The number of nitrogens with zero attached hydrogens (tertiary/aromatic N) is 1. The molecule has 1 unspecified atom stereocenters. The highest BCUT2D eigenvalue weighted by atomic mass is 16.5. The van der Waals surface area contributed by atoms with Crippen LogP contribution >= 0.6 is 0 Å². The minimum atomic E-state index is -0.263. The fourth-order valence-electron chi connectivity index (χ4n) is 3.28. The average molecular weight is 311 g/mol. The van der Waals surface area contributed by atoms with Gasteiger partial charge in [0.25, 0.3) is 0 Å². The Balaban J connectivity index is 1.65. The molecule has 1 aliphatic heterocycles. The molecule has 0 amide bonds. The maximum absolute atomic E-state index is 12.4. The van der Waals surface area contributed by atoms with Crippen molar-refractivity contribution in [1.82, 2.24) is 4.90 Å². The summed E-state index contributed by atoms with van der Waals surface area (Å²) < 4.78 is 4.82. The van der Waals surface area contributed by atoms with Gasteiger partial charge in [-0.05, 0) is 35.7 Å². The average Bonchev–Trinajstić information content (AvgIpc) is 3.02. The Morgan fingerprint density at radius 2 is 1.96 bits per heavy atom. The number of likely N-dealkylation sites (tertiary alicyclic amines) is 1. The molecule has 1 heterocycles. The second-order valence-corrected chi connectivity index (χ2v) is 6.05. The lowest BCUT2D eigenvalue weighted by molar-refractivity contribution is -0.146. The molecule has 3 rings (SSSR count). The minimum Gasteiger partial charge on any atom is -0.468 e. The molecule has 0 aromatic heterocycles. The molecule has 4 nitrogen and oxygen atoms in total. The number of methoxy groups -OCH3 is 1. The monoisotopic (exact) mass is 311 g/mol. The molecular weight excluding hydrogens is 290 g/mol. The standard InChI is InChI=1S/C19H21NO3/c1-23-19(22)18-7-4-10-20(18)13-17(21)12-14-8-9-15-5-2-3-6-16(15)11-14/h2-3,5-6,8-9,11,18H,4,7,10,12-13H2,1H3. The van der Waals surface area contributed by atoms with E-state index in [0.29, 0.717) is 13.0 Å². The van der Waals surface area contributed by atoms with Crippen LogP contribution in [-0.4, -0.2) is 42.9 Å². The Bertz CT molecular complexity index is 725. The molecule has 0 spiro atoms. The molecule has 0 N–H and O–H groups in total. The van der Waals surface area contributed by atoms with Gasteiger partial charge in [-0.2, -0.15) is 0 Å². The number of ether oxygens (including phenoxy) is 1. The molecule has 120 valence electrons. The second kappa shape index (κ2) is 6.92. The van der Waals surface area contributed by atoms with Crippen LogP contribution in [0.4, 0.5) is 0 Å². The third kappa shape index (κ3) is 3.59. The van der Waals surface area contributed by atoms with E-state index in [-0.39, 0.29) is 17.8 Å². The summed E-state index contributed by atoms with van der Waals surface area (Å²) in [6.45, 7) is 1.09. The molecule has 1 fully saturated rings. The molecule has 2 aromatic carbocycles. The third-order valence-electron chi connectivity index (χ3n) is 4.43. The largest absolute Gasteiger partial charge is 0.468 e. The summed E-state index contributed by atoms with van der Waals surface area (Å²) in [6.07, 6.45) is 2.11. The van der Waals surface area contributed by atoms with E-state index >= 15 is 0 Å². The Morgan fingerprint density at radius 1 is 1.17 bits per heavy atom. The van der Waals surface area contributed by atoms with Gasteiger partial charge in [-0.15, -0.1) is 0 Å². The summed E-state index contributed by atoms with van der Waals surface area (Å²) in [4.78, 5) is 26.0. The smallest absolute Gasteiger partial charge is 0.323 e. The van der Waals surface area contributed by atoms with Crippen molar-refractivity contribution >= 4 is 22.5 Å². The second-order valence-electron chi connectivity index (χ2n) is 6.05. The van der Waals surface area contributed by atoms with Crippen LogP contribution in [0.1, 0.15) is 18.4 Å². The summed E-state index contributed by atoms with van der Waals surface area (Å²) in [6, 6.07) is 14.0. The van der Waals surface area contributed by atoms with Gasteiger partial charge in [0, 0.05) is 6.42 Å². The van der Waals surface area contributed by atoms with Crippen LogP contribution in [0.15, 0.2) is 42.5 Å². The Morgan fingerprint density at radius 3 is 2.74 bits per heavy atom. The molecule has 0 radical (unpaired) electrons. The first-order chi connectivity index (χ1) is 11.2. The number of rotatable bonds is 5. The molecule has 23 heavy (non-hydrogen) atoms. The van der Waals surface area contributed by atoms with E-state index in [1.165, 1.54) is 12.5 Å². The van der Waals surface area contributed by atoms with Crippen molar-refractivity contribution in [2.75, 3.05) is 20.2 Å². The molecule has 1 aliphatic rings. The topological polar surface area (TPSA) is 46.6 Å². The van der Waals surface area contributed by atoms with Crippen LogP contribution in [0.25, 0.3) is 10.8 Å². The molecule has 1 saturated heterocycles. The van der Waals surface area contributed by atoms with E-state index in [1.54, 1.807) is 0 Å². The third-order valence-corrected chi connectivity index (χ3v) is 4.43. The molecule has 4 heteroatoms. The number of hydrogen-bond acceptors (Lipinski definition) is 4. The summed E-state index contributed by atoms with van der Waals surface area (Å²) in [7, 11) is 1.40. The van der Waals surface area contributed by atoms with Crippen LogP contribution in [0, 0.1) is 0 Å². The van der Waals surface area contributed by atoms with Crippen LogP contribution in [-0.2, 0) is 20.7 Å². The van der Waals surface area contributed by atoms with Gasteiger partial charge in [0.05, 0.1) is 13.7 Å². The maximum Gasteiger partial charge on any atom is 0.323 e. The zero-order chi connectivity index (χ0) is 16.2. The van der Waals surface area contributed by atoms with E-state index < -0.39 is 0 Å². The lowest BCUT2D eigenvalue weighted by Crippen LogP contribution is -2.40. The Labute approximate surface area is 136 Å². The van der Waals surface area contributed by atoms with Gasteiger partial charge in [-0.3, -0.25) is 14.5 Å². The number of hydrogen-bond donors (Lipinski definition) is 0. The lowest BCUT2D eigenvalue weighted by Gasteiger charge is -2.21. The van der Waals surface area contributed by atoms with Gasteiger partial charge >= 0.3 is 5.97 Å². The molecule has 0 bridgehead atoms. The van der Waals surface area contributed by atoms with Crippen LogP contribution in [0.2, 0.25) is 0 Å². The predicted molar refractivity (Wildman–Crippen MR) is 89.3 cm³/mol. The first-order valence-corrected chi connectivity index (χ1v) is 7.98. The zero-order valence-electron chi connectivity index (χ0n) is 13.3. The Hall–Kier alpha value is -2.20. The highest BCUT2D eigenvalue weighted by Crippen LogP contribution is 2.19. The van der Waals surface area contributed by atoms with Gasteiger partial charge < -0.3 is 4.74 Å². The normalized spacial score (nSPS) is 18.2. The van der Waals surface area contributed by atoms with E-state index in [1.807, 2.05) is 29.2 Å². The van der Waals surface area contributed by atoms with E-state index in [2.05, 4.69) is 18.2 Å². The number of Topliss-reactive ketones (excluding diaryl/α,β-unsaturated/α-hetero) is 1. The van der Waals surface area contributed by atoms with Crippen LogP contribution < -0.4 is 0 Å². The molecule has 1 atom stereocenters. The van der Waals surface area contributed by atoms with Gasteiger partial charge in [-0.25, -0.2) is 0 Å². The van der Waals surface area contributed by atoms with Crippen LogP contribution in [0.5, 0.6) is 0 Å². The summed E-state index contributed by atoms with van der Waals surface area (Å²) in [5, 5.41) is 2.32. The highest BCUT2D eigenvalue weighted by Gasteiger charge is 2.32. The van der Waals surface area contributed by atoms with E-state index in [4.69, 9.17) is 4.74 Å². The molecule has 2 aromatic rings. The predicted octanol–water partition coefficient (Wildman–Crippen LogP) is 2.59. The summed E-state index contributed by atoms with van der Waals surface area (Å²) in [5.74, 6) is -0.0999. The van der Waals surface area contributed by atoms with Crippen molar-refractivity contribution in [3.8, 4) is 0 Å². The first-order valence-electron chi connectivity index (χ1n) is 7.98. The molecule has 0 aliphatic carbocycles. The molecule has 0 saturated carbocycles. The van der Waals surface area contributed by atoms with Crippen molar-refractivity contribution in [3.63, 3.8) is 0 Å². The number of fused-ring (bicyclic) bond motifs is 1. The maximum atomic E-state index is 12.4. The SMILES string of the molecule is COC(=O)C1CCCN1CC(=O)Cc1ccc2ccccc2c1. The van der Waals surface area contributed by atoms with Gasteiger partial charge in [0.2, 0.25) is 0 Å². The number of esters is 1. The Kier molecular flexibility index (Phi) is 4.72. The first kappa shape index (κ1) is 15.7. The van der Waals surface area contributed by atoms with Crippen molar-refractivity contribution < 1.29 is 14.3 Å². The van der Waals surface area contributed by atoms with Crippen molar-refractivity contribution in [2.24, 2.45) is 0 Å². The van der Waals surface area contributed by atoms with Crippen LogP contribution in [0.3, 0.4) is 0 Å². The lowest BCUT2D eigenvalue weighted by atomic mass is 10.0. The highest BCUT2D eigenvalue weighted by molar-refractivity contribution is 5.87. The zero-order valence-corrected chi connectivity index (χ0v) is 13.3. The fraction of sp³-hybridized carbons (Fsp3) is 0.368. The minimum absolute atomic E-state index is 0.135.